The molecule has 0 bridgehead atoms. The Morgan fingerprint density at radius 3 is 2.83 bits per heavy atom. The molecule has 3 rings (SSSR count). The van der Waals surface area contributed by atoms with Crippen molar-refractivity contribution < 1.29 is 9.53 Å². The molecular weight excluding hydrogens is 302 g/mol. The second-order valence-corrected chi connectivity index (χ2v) is 6.61. The standard InChI is InChI=1S/C19H25N3O2/c1-13-17(14(2)22(4)20-13)12-21(3)19(23)16-9-10-24-18-8-6-5-7-15(18)11-16/h5-8,16H,9-12H2,1-4H3/t16-/m1/s1. The second kappa shape index (κ2) is 6.67. The molecule has 0 saturated heterocycles. The number of hydrogen-bond acceptors (Lipinski definition) is 3. The highest BCUT2D eigenvalue weighted by atomic mass is 16.5. The minimum Gasteiger partial charge on any atom is -0.493 e. The third kappa shape index (κ3) is 3.16. The highest BCUT2D eigenvalue weighted by molar-refractivity contribution is 5.79. The van der Waals surface area contributed by atoms with Crippen LogP contribution < -0.4 is 4.74 Å². The van der Waals surface area contributed by atoms with Gasteiger partial charge < -0.3 is 9.64 Å². The molecule has 1 aromatic carbocycles. The highest BCUT2D eigenvalue weighted by Gasteiger charge is 2.27. The topological polar surface area (TPSA) is 47.4 Å². The molecule has 0 aliphatic carbocycles. The van der Waals surface area contributed by atoms with Gasteiger partial charge in [-0.05, 0) is 38.3 Å². The smallest absolute Gasteiger partial charge is 0.226 e. The van der Waals surface area contributed by atoms with Gasteiger partial charge in [-0.1, -0.05) is 18.2 Å². The minimum atomic E-state index is -0.0315. The lowest BCUT2D eigenvalue weighted by molar-refractivity contribution is -0.135. The van der Waals surface area contributed by atoms with Gasteiger partial charge in [-0.25, -0.2) is 0 Å². The Morgan fingerprint density at radius 2 is 2.12 bits per heavy atom. The Balaban J connectivity index is 1.74. The SMILES string of the molecule is Cc1nn(C)c(C)c1CN(C)C(=O)[C@@H]1CCOc2ccccc2C1. The molecule has 24 heavy (non-hydrogen) atoms. The van der Waals surface area contributed by atoms with Crippen LogP contribution >= 0.6 is 0 Å². The van der Waals surface area contributed by atoms with E-state index in [0.717, 1.165) is 41.1 Å². The number of nitrogens with zero attached hydrogens (tertiary/aromatic N) is 3. The molecular formula is C19H25N3O2. The van der Waals surface area contributed by atoms with Crippen LogP contribution in [-0.2, 0) is 24.8 Å². The summed E-state index contributed by atoms with van der Waals surface area (Å²) in [5, 5.41) is 4.44. The molecule has 0 N–H and O–H groups in total. The van der Waals surface area contributed by atoms with Crippen molar-refractivity contribution in [2.24, 2.45) is 13.0 Å². The van der Waals surface area contributed by atoms with E-state index in [0.29, 0.717) is 13.2 Å². The van der Waals surface area contributed by atoms with Gasteiger partial charge in [0.2, 0.25) is 5.91 Å². The lowest BCUT2D eigenvalue weighted by Crippen LogP contribution is -2.34. The fourth-order valence-electron chi connectivity index (χ4n) is 3.38. The third-order valence-corrected chi connectivity index (χ3v) is 4.94. The molecule has 0 fully saturated rings. The number of aryl methyl sites for hydroxylation is 2. The Bertz CT molecular complexity index is 751. The van der Waals surface area contributed by atoms with Gasteiger partial charge >= 0.3 is 0 Å². The largest absolute Gasteiger partial charge is 0.493 e. The molecule has 2 aromatic rings. The summed E-state index contributed by atoms with van der Waals surface area (Å²) in [6.45, 7) is 5.23. The van der Waals surface area contributed by atoms with Gasteiger partial charge in [0.1, 0.15) is 5.75 Å². The number of rotatable bonds is 3. The van der Waals surface area contributed by atoms with Gasteiger partial charge in [0.05, 0.1) is 12.3 Å². The summed E-state index contributed by atoms with van der Waals surface area (Å²) in [4.78, 5) is 14.8. The van der Waals surface area contributed by atoms with E-state index in [1.54, 1.807) is 0 Å². The highest BCUT2D eigenvalue weighted by Crippen LogP contribution is 2.28. The first-order valence-corrected chi connectivity index (χ1v) is 8.42. The molecule has 5 heteroatoms. The molecule has 1 atom stereocenters. The number of benzene rings is 1. The number of carbonyl (C=O) groups is 1. The van der Waals surface area contributed by atoms with Crippen LogP contribution in [0.1, 0.15) is 28.9 Å². The van der Waals surface area contributed by atoms with Crippen molar-refractivity contribution in [2.75, 3.05) is 13.7 Å². The fraction of sp³-hybridized carbons (Fsp3) is 0.474. The molecule has 1 amide bonds. The van der Waals surface area contributed by atoms with Crippen molar-refractivity contribution >= 4 is 5.91 Å². The van der Waals surface area contributed by atoms with Crippen molar-refractivity contribution in [1.82, 2.24) is 14.7 Å². The summed E-state index contributed by atoms with van der Waals surface area (Å²) in [7, 11) is 3.82. The fourth-order valence-corrected chi connectivity index (χ4v) is 3.38. The Hall–Kier alpha value is -2.30. The quantitative estimate of drug-likeness (QED) is 0.871. The predicted octanol–water partition coefficient (Wildman–Crippen LogP) is 2.64. The predicted molar refractivity (Wildman–Crippen MR) is 92.9 cm³/mol. The Labute approximate surface area is 143 Å². The van der Waals surface area contributed by atoms with Crippen LogP contribution in [0.5, 0.6) is 5.75 Å². The molecule has 1 aliphatic rings. The summed E-state index contributed by atoms with van der Waals surface area (Å²) >= 11 is 0. The normalized spacial score (nSPS) is 16.9. The van der Waals surface area contributed by atoms with E-state index < -0.39 is 0 Å². The van der Waals surface area contributed by atoms with E-state index in [-0.39, 0.29) is 11.8 Å². The van der Waals surface area contributed by atoms with Crippen LogP contribution in [0.4, 0.5) is 0 Å². The third-order valence-electron chi connectivity index (χ3n) is 4.94. The van der Waals surface area contributed by atoms with Crippen LogP contribution in [0.2, 0.25) is 0 Å². The average Bonchev–Trinajstić information content (AvgIpc) is 2.75. The summed E-state index contributed by atoms with van der Waals surface area (Å²) in [5.41, 5.74) is 4.36. The van der Waals surface area contributed by atoms with E-state index in [9.17, 15) is 4.79 Å². The number of amides is 1. The molecule has 0 unspecified atom stereocenters. The van der Waals surface area contributed by atoms with Gasteiger partial charge in [-0.2, -0.15) is 5.10 Å². The monoisotopic (exact) mass is 327 g/mol. The maximum atomic E-state index is 12.9. The van der Waals surface area contributed by atoms with E-state index in [1.807, 2.05) is 55.7 Å². The maximum absolute atomic E-state index is 12.9. The zero-order chi connectivity index (χ0) is 17.3. The van der Waals surface area contributed by atoms with Crippen molar-refractivity contribution in [3.63, 3.8) is 0 Å². The van der Waals surface area contributed by atoms with E-state index in [4.69, 9.17) is 4.74 Å². The number of hydrogen-bond donors (Lipinski definition) is 0. The lowest BCUT2D eigenvalue weighted by atomic mass is 9.95. The first-order chi connectivity index (χ1) is 11.5. The van der Waals surface area contributed by atoms with Crippen LogP contribution in [-0.4, -0.2) is 34.2 Å². The first kappa shape index (κ1) is 16.6. The molecule has 0 radical (unpaired) electrons. The average molecular weight is 327 g/mol. The van der Waals surface area contributed by atoms with E-state index >= 15 is 0 Å². The molecule has 128 valence electrons. The summed E-state index contributed by atoms with van der Waals surface area (Å²) in [6, 6.07) is 8.01. The second-order valence-electron chi connectivity index (χ2n) is 6.61. The zero-order valence-corrected chi connectivity index (χ0v) is 14.9. The summed E-state index contributed by atoms with van der Waals surface area (Å²) in [6.07, 6.45) is 1.49. The van der Waals surface area contributed by atoms with Gasteiger partial charge in [0, 0.05) is 37.8 Å². The van der Waals surface area contributed by atoms with Crippen LogP contribution in [0.25, 0.3) is 0 Å². The van der Waals surface area contributed by atoms with E-state index in [1.165, 1.54) is 0 Å². The summed E-state index contributed by atoms with van der Waals surface area (Å²) in [5.74, 6) is 1.06. The van der Waals surface area contributed by atoms with Crippen molar-refractivity contribution in [1.29, 1.82) is 0 Å². The van der Waals surface area contributed by atoms with Gasteiger partial charge in [0.25, 0.3) is 0 Å². The number of ether oxygens (including phenoxy) is 1. The number of fused-ring (bicyclic) bond motifs is 1. The number of carbonyl (C=O) groups excluding carboxylic acids is 1. The summed E-state index contributed by atoms with van der Waals surface area (Å²) < 4.78 is 7.66. The van der Waals surface area contributed by atoms with Crippen LogP contribution in [0, 0.1) is 19.8 Å². The molecule has 5 nitrogen and oxygen atoms in total. The van der Waals surface area contributed by atoms with Crippen molar-refractivity contribution in [3.8, 4) is 5.75 Å². The van der Waals surface area contributed by atoms with Gasteiger partial charge in [-0.15, -0.1) is 0 Å². The van der Waals surface area contributed by atoms with Crippen molar-refractivity contribution in [2.45, 2.75) is 33.2 Å². The maximum Gasteiger partial charge on any atom is 0.226 e. The number of para-hydroxylation sites is 1. The molecule has 2 heterocycles. The van der Waals surface area contributed by atoms with Crippen LogP contribution in [0.3, 0.4) is 0 Å². The molecule has 1 aliphatic heterocycles. The molecule has 1 aromatic heterocycles. The van der Waals surface area contributed by atoms with Crippen molar-refractivity contribution in [3.05, 3.63) is 46.8 Å². The van der Waals surface area contributed by atoms with Gasteiger partial charge in [0.15, 0.2) is 0 Å². The van der Waals surface area contributed by atoms with Crippen LogP contribution in [0.15, 0.2) is 24.3 Å². The molecule has 0 saturated carbocycles. The van der Waals surface area contributed by atoms with E-state index in [2.05, 4.69) is 11.2 Å². The number of aromatic nitrogens is 2. The zero-order valence-electron chi connectivity index (χ0n) is 14.9. The Morgan fingerprint density at radius 1 is 1.38 bits per heavy atom. The lowest BCUT2D eigenvalue weighted by Gasteiger charge is -2.23. The first-order valence-electron chi connectivity index (χ1n) is 8.42. The van der Waals surface area contributed by atoms with Gasteiger partial charge in [-0.3, -0.25) is 9.48 Å². The molecule has 0 spiro atoms. The Kier molecular flexibility index (Phi) is 4.60. The minimum absolute atomic E-state index is 0.0315.